The summed E-state index contributed by atoms with van der Waals surface area (Å²) in [5.74, 6) is 0.736. The van der Waals surface area contributed by atoms with Crippen molar-refractivity contribution in [3.05, 3.63) is 65.1 Å². The molecule has 0 aliphatic rings. The summed E-state index contributed by atoms with van der Waals surface area (Å²) < 4.78 is 7.52. The third-order valence-corrected chi connectivity index (χ3v) is 3.60. The predicted octanol–water partition coefficient (Wildman–Crippen LogP) is 4.02. The number of nitrogens with zero attached hydrogens (tertiary/aromatic N) is 3. The summed E-state index contributed by atoms with van der Waals surface area (Å²) in [5.41, 5.74) is 3.96. The van der Waals surface area contributed by atoms with Gasteiger partial charge in [0.1, 0.15) is 12.4 Å². The molecule has 0 N–H and O–H groups in total. The van der Waals surface area contributed by atoms with E-state index >= 15 is 0 Å². The van der Waals surface area contributed by atoms with Gasteiger partial charge in [-0.1, -0.05) is 23.7 Å². The SMILES string of the molecule is Cc1nn(C)cc1-c1ccc(OCc2ccc(Cl)cc2)cn1. The third-order valence-electron chi connectivity index (χ3n) is 3.34. The highest BCUT2D eigenvalue weighted by Crippen LogP contribution is 2.22. The first-order valence-corrected chi connectivity index (χ1v) is 7.33. The second kappa shape index (κ2) is 6.20. The Balaban J connectivity index is 1.69. The highest BCUT2D eigenvalue weighted by Gasteiger charge is 2.07. The van der Waals surface area contributed by atoms with Gasteiger partial charge in [0.25, 0.3) is 0 Å². The zero-order valence-corrected chi connectivity index (χ0v) is 13.2. The molecule has 0 bridgehead atoms. The molecule has 0 aliphatic heterocycles. The molecule has 0 atom stereocenters. The molecule has 0 saturated carbocycles. The maximum Gasteiger partial charge on any atom is 0.138 e. The molecular formula is C17H16ClN3O. The standard InChI is InChI=1S/C17H16ClN3O/c1-12-16(10-21(2)20-12)17-8-7-15(9-19-17)22-11-13-3-5-14(18)6-4-13/h3-10H,11H2,1-2H3. The summed E-state index contributed by atoms with van der Waals surface area (Å²) >= 11 is 5.86. The first-order valence-electron chi connectivity index (χ1n) is 6.96. The average Bonchev–Trinajstić information content (AvgIpc) is 2.86. The molecule has 0 fully saturated rings. The Morgan fingerprint density at radius 1 is 1.14 bits per heavy atom. The van der Waals surface area contributed by atoms with Gasteiger partial charge in [0.2, 0.25) is 0 Å². The predicted molar refractivity (Wildman–Crippen MR) is 87.0 cm³/mol. The van der Waals surface area contributed by atoms with Crippen LogP contribution in [-0.4, -0.2) is 14.8 Å². The highest BCUT2D eigenvalue weighted by molar-refractivity contribution is 6.30. The molecule has 22 heavy (non-hydrogen) atoms. The molecule has 0 radical (unpaired) electrons. The smallest absolute Gasteiger partial charge is 0.138 e. The summed E-state index contributed by atoms with van der Waals surface area (Å²) in [4.78, 5) is 4.45. The van der Waals surface area contributed by atoms with Crippen LogP contribution in [0.25, 0.3) is 11.3 Å². The Morgan fingerprint density at radius 2 is 1.91 bits per heavy atom. The van der Waals surface area contributed by atoms with Crippen molar-refractivity contribution in [2.24, 2.45) is 7.05 Å². The molecule has 0 saturated heterocycles. The molecule has 4 nitrogen and oxygen atoms in total. The molecular weight excluding hydrogens is 298 g/mol. The average molecular weight is 314 g/mol. The van der Waals surface area contributed by atoms with E-state index in [1.807, 2.05) is 56.6 Å². The quantitative estimate of drug-likeness (QED) is 0.730. The van der Waals surface area contributed by atoms with Crippen LogP contribution >= 0.6 is 11.6 Å². The molecule has 0 unspecified atom stereocenters. The van der Waals surface area contributed by atoms with E-state index in [1.165, 1.54) is 0 Å². The highest BCUT2D eigenvalue weighted by atomic mass is 35.5. The lowest BCUT2D eigenvalue weighted by atomic mass is 10.2. The molecule has 2 aromatic heterocycles. The zero-order chi connectivity index (χ0) is 15.5. The minimum absolute atomic E-state index is 0.490. The van der Waals surface area contributed by atoms with Crippen molar-refractivity contribution in [1.29, 1.82) is 0 Å². The Bertz CT molecular complexity index is 764. The van der Waals surface area contributed by atoms with E-state index in [9.17, 15) is 0 Å². The van der Waals surface area contributed by atoms with Gasteiger partial charge in [-0.05, 0) is 36.8 Å². The summed E-state index contributed by atoms with van der Waals surface area (Å²) in [6.45, 7) is 2.46. The Morgan fingerprint density at radius 3 is 2.50 bits per heavy atom. The maximum atomic E-state index is 5.86. The van der Waals surface area contributed by atoms with E-state index in [1.54, 1.807) is 10.9 Å². The molecule has 0 amide bonds. The van der Waals surface area contributed by atoms with Gasteiger partial charge in [0.05, 0.1) is 17.6 Å². The minimum Gasteiger partial charge on any atom is -0.487 e. The van der Waals surface area contributed by atoms with Crippen LogP contribution in [0.5, 0.6) is 5.75 Å². The lowest BCUT2D eigenvalue weighted by Gasteiger charge is -2.07. The largest absolute Gasteiger partial charge is 0.487 e. The third kappa shape index (κ3) is 3.28. The van der Waals surface area contributed by atoms with Crippen LogP contribution in [0.2, 0.25) is 5.02 Å². The summed E-state index contributed by atoms with van der Waals surface area (Å²) in [7, 11) is 1.90. The lowest BCUT2D eigenvalue weighted by molar-refractivity contribution is 0.305. The molecule has 3 aromatic rings. The molecule has 5 heteroatoms. The van der Waals surface area contributed by atoms with E-state index in [0.29, 0.717) is 6.61 Å². The number of hydrogen-bond acceptors (Lipinski definition) is 3. The van der Waals surface area contributed by atoms with Crippen LogP contribution in [0.15, 0.2) is 48.8 Å². The van der Waals surface area contributed by atoms with Crippen molar-refractivity contribution in [1.82, 2.24) is 14.8 Å². The molecule has 1 aromatic carbocycles. The first-order chi connectivity index (χ1) is 10.6. The van der Waals surface area contributed by atoms with E-state index in [0.717, 1.165) is 33.3 Å². The van der Waals surface area contributed by atoms with E-state index < -0.39 is 0 Å². The Hall–Kier alpha value is -2.33. The number of aryl methyl sites for hydroxylation is 2. The van der Waals surface area contributed by atoms with Gasteiger partial charge in [-0.3, -0.25) is 9.67 Å². The number of hydrogen-bond donors (Lipinski definition) is 0. The van der Waals surface area contributed by atoms with Gasteiger partial charge in [-0.2, -0.15) is 5.10 Å². The number of ether oxygens (including phenoxy) is 1. The molecule has 112 valence electrons. The lowest BCUT2D eigenvalue weighted by Crippen LogP contribution is -1.96. The second-order valence-corrected chi connectivity index (χ2v) is 5.53. The number of aromatic nitrogens is 3. The van der Waals surface area contributed by atoms with Crippen LogP contribution in [0.4, 0.5) is 0 Å². The number of pyridine rings is 1. The molecule has 2 heterocycles. The monoisotopic (exact) mass is 313 g/mol. The summed E-state index contributed by atoms with van der Waals surface area (Å²) in [6.07, 6.45) is 3.70. The fourth-order valence-corrected chi connectivity index (χ4v) is 2.35. The van der Waals surface area contributed by atoms with Crippen LogP contribution in [-0.2, 0) is 13.7 Å². The van der Waals surface area contributed by atoms with Crippen LogP contribution < -0.4 is 4.74 Å². The van der Waals surface area contributed by atoms with E-state index in [-0.39, 0.29) is 0 Å². The van der Waals surface area contributed by atoms with Gasteiger partial charge in [-0.15, -0.1) is 0 Å². The van der Waals surface area contributed by atoms with E-state index in [4.69, 9.17) is 16.3 Å². The van der Waals surface area contributed by atoms with Gasteiger partial charge in [-0.25, -0.2) is 0 Å². The van der Waals surface area contributed by atoms with E-state index in [2.05, 4.69) is 10.1 Å². The van der Waals surface area contributed by atoms with Gasteiger partial charge >= 0.3 is 0 Å². The summed E-state index contributed by atoms with van der Waals surface area (Å²) in [6, 6.07) is 11.5. The topological polar surface area (TPSA) is 39.9 Å². The second-order valence-electron chi connectivity index (χ2n) is 5.10. The van der Waals surface area contributed by atoms with Crippen molar-refractivity contribution in [3.63, 3.8) is 0 Å². The number of rotatable bonds is 4. The normalized spacial score (nSPS) is 10.7. The molecule has 0 aliphatic carbocycles. The minimum atomic E-state index is 0.490. The van der Waals surface area contributed by atoms with Crippen molar-refractivity contribution in [2.45, 2.75) is 13.5 Å². The Kier molecular flexibility index (Phi) is 4.11. The maximum absolute atomic E-state index is 5.86. The van der Waals surface area contributed by atoms with Gasteiger partial charge in [0, 0.05) is 23.8 Å². The van der Waals surface area contributed by atoms with Crippen LogP contribution in [0.1, 0.15) is 11.3 Å². The first kappa shape index (κ1) is 14.6. The fraction of sp³-hybridized carbons (Fsp3) is 0.176. The summed E-state index contributed by atoms with van der Waals surface area (Å²) in [5, 5.41) is 5.05. The van der Waals surface area contributed by atoms with Gasteiger partial charge in [0.15, 0.2) is 0 Å². The number of benzene rings is 1. The van der Waals surface area contributed by atoms with Crippen molar-refractivity contribution < 1.29 is 4.74 Å². The zero-order valence-electron chi connectivity index (χ0n) is 12.5. The molecule has 0 spiro atoms. The molecule has 3 rings (SSSR count). The van der Waals surface area contributed by atoms with Crippen molar-refractivity contribution >= 4 is 11.6 Å². The van der Waals surface area contributed by atoms with Crippen molar-refractivity contribution in [3.8, 4) is 17.0 Å². The van der Waals surface area contributed by atoms with Gasteiger partial charge < -0.3 is 4.74 Å². The van der Waals surface area contributed by atoms with Crippen molar-refractivity contribution in [2.75, 3.05) is 0 Å². The Labute approximate surface area is 134 Å². The fourth-order valence-electron chi connectivity index (χ4n) is 2.22. The van der Waals surface area contributed by atoms with Crippen LogP contribution in [0.3, 0.4) is 0 Å². The number of halogens is 1. The van der Waals surface area contributed by atoms with Crippen LogP contribution in [0, 0.1) is 6.92 Å².